The second-order valence-corrected chi connectivity index (χ2v) is 9.08. The molecule has 0 aliphatic rings. The lowest BCUT2D eigenvalue weighted by atomic mass is 9.89. The maximum Gasteiger partial charge on any atom is 0.163 e. The predicted molar refractivity (Wildman–Crippen MR) is 146 cm³/mol. The number of nitrogens with zero attached hydrogens (tertiary/aromatic N) is 6. The van der Waals surface area contributed by atoms with Gasteiger partial charge in [-0.25, -0.2) is 24.9 Å². The van der Waals surface area contributed by atoms with Gasteiger partial charge in [-0.15, -0.1) is 0 Å². The maximum absolute atomic E-state index is 10.0. The normalized spacial score (nSPS) is 10.8. The molecule has 6 nitrogen and oxygen atoms in total. The van der Waals surface area contributed by atoms with Gasteiger partial charge in [0.2, 0.25) is 0 Å². The smallest absolute Gasteiger partial charge is 0.163 e. The largest absolute Gasteiger partial charge is 0.238 e. The highest BCUT2D eigenvalue weighted by atomic mass is 15.0. The van der Waals surface area contributed by atoms with E-state index < -0.39 is 0 Å². The van der Waals surface area contributed by atoms with E-state index in [9.17, 15) is 5.26 Å². The minimum atomic E-state index is 0.605. The van der Waals surface area contributed by atoms with Gasteiger partial charge >= 0.3 is 0 Å². The van der Waals surface area contributed by atoms with E-state index in [4.69, 9.17) is 4.98 Å². The topological polar surface area (TPSA) is 88.2 Å². The van der Waals surface area contributed by atoms with Gasteiger partial charge in [0, 0.05) is 22.4 Å². The number of nitriles is 1. The molecule has 37 heavy (non-hydrogen) atoms. The standard InChI is InChI=1S/C31H26N6/c1-18-19(2)33-20(3)35-30(18)25-11-6-9-23(15-25)28-14-8-13-27(17-32)29(28)24-10-7-12-26(16-24)31-36-21(4)34-22(5)37-31/h6-16H,1-5H3. The predicted octanol–water partition coefficient (Wildman–Crippen LogP) is 6.74. The summed E-state index contributed by atoms with van der Waals surface area (Å²) in [5, 5.41) is 10.0. The monoisotopic (exact) mass is 482 g/mol. The molecule has 0 bridgehead atoms. The first-order valence-corrected chi connectivity index (χ1v) is 12.1. The Morgan fingerprint density at radius 1 is 0.595 bits per heavy atom. The average molecular weight is 483 g/mol. The molecule has 6 heteroatoms. The quantitative estimate of drug-likeness (QED) is 0.282. The Hall–Kier alpha value is -4.76. The molecule has 5 aromatic rings. The van der Waals surface area contributed by atoms with Crippen LogP contribution in [0.4, 0.5) is 0 Å². The Balaban J connectivity index is 1.68. The summed E-state index contributed by atoms with van der Waals surface area (Å²) in [6.45, 7) is 9.70. The van der Waals surface area contributed by atoms with Crippen LogP contribution in [0, 0.1) is 45.9 Å². The van der Waals surface area contributed by atoms with Crippen LogP contribution >= 0.6 is 0 Å². The lowest BCUT2D eigenvalue weighted by molar-refractivity contribution is 0.928. The minimum absolute atomic E-state index is 0.605. The third-order valence-electron chi connectivity index (χ3n) is 6.40. The Bertz CT molecular complexity index is 1680. The molecule has 0 unspecified atom stereocenters. The molecule has 0 amide bonds. The van der Waals surface area contributed by atoms with Crippen LogP contribution in [0.25, 0.3) is 44.9 Å². The van der Waals surface area contributed by atoms with Crippen LogP contribution in [-0.4, -0.2) is 24.9 Å². The van der Waals surface area contributed by atoms with Crippen LogP contribution in [-0.2, 0) is 0 Å². The van der Waals surface area contributed by atoms with Crippen LogP contribution < -0.4 is 0 Å². The van der Waals surface area contributed by atoms with E-state index in [2.05, 4.69) is 57.2 Å². The second kappa shape index (κ2) is 9.71. The minimum Gasteiger partial charge on any atom is -0.238 e. The van der Waals surface area contributed by atoms with Crippen LogP contribution in [0.15, 0.2) is 66.7 Å². The third-order valence-corrected chi connectivity index (χ3v) is 6.40. The van der Waals surface area contributed by atoms with E-state index in [1.807, 2.05) is 70.2 Å². The lowest BCUT2D eigenvalue weighted by Gasteiger charge is -2.15. The highest BCUT2D eigenvalue weighted by Gasteiger charge is 2.16. The first-order chi connectivity index (χ1) is 17.8. The summed E-state index contributed by atoms with van der Waals surface area (Å²) in [6.07, 6.45) is 0. The van der Waals surface area contributed by atoms with Crippen molar-refractivity contribution in [3.63, 3.8) is 0 Å². The summed E-state index contributed by atoms with van der Waals surface area (Å²) in [6, 6.07) is 24.6. The van der Waals surface area contributed by atoms with Crippen molar-refractivity contribution in [2.24, 2.45) is 0 Å². The van der Waals surface area contributed by atoms with E-state index in [1.165, 1.54) is 0 Å². The Morgan fingerprint density at radius 3 is 1.92 bits per heavy atom. The molecule has 0 saturated carbocycles. The van der Waals surface area contributed by atoms with Gasteiger partial charge in [-0.1, -0.05) is 48.5 Å². The fraction of sp³-hybridized carbons (Fsp3) is 0.161. The molecule has 0 aliphatic carbocycles. The zero-order valence-electron chi connectivity index (χ0n) is 21.5. The van der Waals surface area contributed by atoms with Crippen molar-refractivity contribution in [3.8, 4) is 51.0 Å². The van der Waals surface area contributed by atoms with Gasteiger partial charge in [0.1, 0.15) is 17.5 Å². The molecule has 0 fully saturated rings. The van der Waals surface area contributed by atoms with Crippen molar-refractivity contribution in [2.45, 2.75) is 34.6 Å². The molecule has 180 valence electrons. The van der Waals surface area contributed by atoms with Gasteiger partial charge < -0.3 is 0 Å². The molecular weight excluding hydrogens is 456 g/mol. The molecule has 5 rings (SSSR count). The summed E-state index contributed by atoms with van der Waals surface area (Å²) in [5.74, 6) is 2.72. The number of aromatic nitrogens is 5. The van der Waals surface area contributed by atoms with Gasteiger partial charge in [0.25, 0.3) is 0 Å². The van der Waals surface area contributed by atoms with E-state index in [-0.39, 0.29) is 0 Å². The number of rotatable bonds is 4. The first kappa shape index (κ1) is 24.0. The number of aryl methyl sites for hydroxylation is 4. The van der Waals surface area contributed by atoms with Gasteiger partial charge in [-0.3, -0.25) is 0 Å². The SMILES string of the molecule is Cc1nc(C)nc(-c2cccc(-c3c(C#N)cccc3-c3cccc(-c4nc(C)nc(C)c4C)c3)c2)n1. The van der Waals surface area contributed by atoms with Gasteiger partial charge in [0.05, 0.1) is 17.3 Å². The molecule has 0 N–H and O–H groups in total. The number of benzene rings is 3. The van der Waals surface area contributed by atoms with Crippen LogP contribution in [0.1, 0.15) is 34.3 Å². The molecule has 3 aromatic carbocycles. The molecular formula is C31H26N6. The van der Waals surface area contributed by atoms with Crippen LogP contribution in [0.2, 0.25) is 0 Å². The second-order valence-electron chi connectivity index (χ2n) is 9.08. The fourth-order valence-electron chi connectivity index (χ4n) is 4.64. The molecule has 2 heterocycles. The summed E-state index contributed by atoms with van der Waals surface area (Å²) < 4.78 is 0. The molecule has 0 aliphatic heterocycles. The van der Waals surface area contributed by atoms with Crippen molar-refractivity contribution < 1.29 is 0 Å². The van der Waals surface area contributed by atoms with Crippen molar-refractivity contribution in [1.29, 1.82) is 5.26 Å². The Labute approximate surface area is 216 Å². The molecule has 0 atom stereocenters. The summed E-state index contributed by atoms with van der Waals surface area (Å²) in [5.41, 5.74) is 9.23. The van der Waals surface area contributed by atoms with Crippen molar-refractivity contribution >= 4 is 0 Å². The van der Waals surface area contributed by atoms with E-state index >= 15 is 0 Å². The van der Waals surface area contributed by atoms with E-state index in [1.54, 1.807) is 0 Å². The number of hydrogen-bond donors (Lipinski definition) is 0. The van der Waals surface area contributed by atoms with Crippen LogP contribution in [0.3, 0.4) is 0 Å². The van der Waals surface area contributed by atoms with Crippen molar-refractivity contribution in [3.05, 3.63) is 101 Å². The van der Waals surface area contributed by atoms with E-state index in [0.717, 1.165) is 56.2 Å². The molecule has 0 radical (unpaired) electrons. The first-order valence-electron chi connectivity index (χ1n) is 12.1. The van der Waals surface area contributed by atoms with Gasteiger partial charge in [-0.2, -0.15) is 5.26 Å². The summed E-state index contributed by atoms with van der Waals surface area (Å²) in [7, 11) is 0. The number of hydrogen-bond acceptors (Lipinski definition) is 6. The van der Waals surface area contributed by atoms with Crippen molar-refractivity contribution in [2.75, 3.05) is 0 Å². The van der Waals surface area contributed by atoms with Crippen LogP contribution in [0.5, 0.6) is 0 Å². The van der Waals surface area contributed by atoms with Gasteiger partial charge in [-0.05, 0) is 75.1 Å². The highest BCUT2D eigenvalue weighted by Crippen LogP contribution is 2.37. The average Bonchev–Trinajstić information content (AvgIpc) is 2.90. The van der Waals surface area contributed by atoms with Gasteiger partial charge in [0.15, 0.2) is 5.82 Å². The Morgan fingerprint density at radius 2 is 1.19 bits per heavy atom. The zero-order valence-corrected chi connectivity index (χ0v) is 21.5. The highest BCUT2D eigenvalue weighted by molar-refractivity contribution is 5.89. The molecule has 0 saturated heterocycles. The lowest BCUT2D eigenvalue weighted by Crippen LogP contribution is -1.99. The Kier molecular flexibility index (Phi) is 6.29. The third kappa shape index (κ3) is 4.72. The summed E-state index contributed by atoms with van der Waals surface area (Å²) in [4.78, 5) is 22.6. The van der Waals surface area contributed by atoms with Crippen molar-refractivity contribution in [1.82, 2.24) is 24.9 Å². The van der Waals surface area contributed by atoms with E-state index in [0.29, 0.717) is 23.0 Å². The maximum atomic E-state index is 10.0. The molecule has 2 aromatic heterocycles. The summed E-state index contributed by atoms with van der Waals surface area (Å²) >= 11 is 0. The molecule has 0 spiro atoms. The fourth-order valence-corrected chi connectivity index (χ4v) is 4.64. The zero-order chi connectivity index (χ0) is 26.1.